The number of esters is 1. The van der Waals surface area contributed by atoms with Crippen molar-refractivity contribution in [3.8, 4) is 5.06 Å². The van der Waals surface area contributed by atoms with Gasteiger partial charge in [0.25, 0.3) is 0 Å². The average molecular weight is 201 g/mol. The van der Waals surface area contributed by atoms with E-state index in [9.17, 15) is 4.79 Å². The van der Waals surface area contributed by atoms with Gasteiger partial charge in [0.15, 0.2) is 5.06 Å². The molecule has 1 aromatic heterocycles. The zero-order valence-electron chi connectivity index (χ0n) is 7.28. The van der Waals surface area contributed by atoms with Crippen molar-refractivity contribution in [1.82, 2.24) is 0 Å². The minimum atomic E-state index is -0.348. The van der Waals surface area contributed by atoms with Crippen LogP contribution in [-0.4, -0.2) is 26.2 Å². The standard InChI is InChI=1S/C8H11NO3S/c1-11-8(10)6-4-7(13-5-6)12-3-2-9/h4-5H,2-3,9H2,1H3. The van der Waals surface area contributed by atoms with Crippen LogP contribution in [0.5, 0.6) is 5.06 Å². The normalized spacial score (nSPS) is 9.69. The monoisotopic (exact) mass is 201 g/mol. The summed E-state index contributed by atoms with van der Waals surface area (Å²) in [5.74, 6) is -0.348. The zero-order chi connectivity index (χ0) is 9.68. The predicted octanol–water partition coefficient (Wildman–Crippen LogP) is 0.872. The van der Waals surface area contributed by atoms with Gasteiger partial charge in [-0.15, -0.1) is 11.3 Å². The van der Waals surface area contributed by atoms with Crippen molar-refractivity contribution in [2.24, 2.45) is 5.73 Å². The molecule has 13 heavy (non-hydrogen) atoms. The number of carbonyl (C=O) groups excluding carboxylic acids is 1. The first-order valence-corrected chi connectivity index (χ1v) is 4.65. The molecular weight excluding hydrogens is 190 g/mol. The number of nitrogens with two attached hydrogens (primary N) is 1. The van der Waals surface area contributed by atoms with Crippen molar-refractivity contribution in [3.05, 3.63) is 17.0 Å². The maximum Gasteiger partial charge on any atom is 0.338 e. The molecule has 1 aromatic rings. The molecule has 0 amide bonds. The first kappa shape index (κ1) is 10.0. The molecular formula is C8H11NO3S. The van der Waals surface area contributed by atoms with Crippen molar-refractivity contribution < 1.29 is 14.3 Å². The molecule has 5 heteroatoms. The van der Waals surface area contributed by atoms with Gasteiger partial charge in [0, 0.05) is 18.0 Å². The van der Waals surface area contributed by atoms with Gasteiger partial charge < -0.3 is 15.2 Å². The van der Waals surface area contributed by atoms with Crippen LogP contribution < -0.4 is 10.5 Å². The second-order valence-electron chi connectivity index (χ2n) is 2.28. The number of methoxy groups -OCH3 is 1. The Morgan fingerprint density at radius 2 is 2.46 bits per heavy atom. The fourth-order valence-electron chi connectivity index (χ4n) is 0.777. The van der Waals surface area contributed by atoms with Gasteiger partial charge in [-0.1, -0.05) is 0 Å². The van der Waals surface area contributed by atoms with Gasteiger partial charge in [0.05, 0.1) is 12.7 Å². The molecule has 0 saturated heterocycles. The van der Waals surface area contributed by atoms with E-state index in [0.717, 1.165) is 0 Å². The molecule has 0 aliphatic rings. The van der Waals surface area contributed by atoms with Crippen molar-refractivity contribution in [3.63, 3.8) is 0 Å². The third kappa shape index (κ3) is 2.71. The van der Waals surface area contributed by atoms with Gasteiger partial charge >= 0.3 is 5.97 Å². The van der Waals surface area contributed by atoms with E-state index in [1.807, 2.05) is 0 Å². The lowest BCUT2D eigenvalue weighted by Crippen LogP contribution is -2.09. The number of ether oxygens (including phenoxy) is 2. The van der Waals surface area contributed by atoms with Crippen LogP contribution in [0.2, 0.25) is 0 Å². The van der Waals surface area contributed by atoms with Crippen LogP contribution in [0, 0.1) is 0 Å². The molecule has 0 saturated carbocycles. The summed E-state index contributed by atoms with van der Waals surface area (Å²) in [7, 11) is 1.35. The lowest BCUT2D eigenvalue weighted by atomic mass is 10.3. The summed E-state index contributed by atoms with van der Waals surface area (Å²) in [5.41, 5.74) is 5.77. The minimum Gasteiger partial charge on any atom is -0.483 e. The number of carbonyl (C=O) groups is 1. The van der Waals surface area contributed by atoms with E-state index < -0.39 is 0 Å². The molecule has 0 aromatic carbocycles. The maximum absolute atomic E-state index is 11.0. The Bertz CT molecular complexity index is 285. The fraction of sp³-hybridized carbons (Fsp3) is 0.375. The van der Waals surface area contributed by atoms with Gasteiger partial charge in [-0.2, -0.15) is 0 Å². The van der Waals surface area contributed by atoms with Gasteiger partial charge in [0.1, 0.15) is 6.61 Å². The molecule has 0 unspecified atom stereocenters. The molecule has 0 aliphatic heterocycles. The summed E-state index contributed by atoms with van der Waals surface area (Å²) in [6.45, 7) is 0.923. The van der Waals surface area contributed by atoms with Crippen LogP contribution in [0.25, 0.3) is 0 Å². The highest BCUT2D eigenvalue weighted by atomic mass is 32.1. The average Bonchev–Trinajstić information content (AvgIpc) is 2.62. The Morgan fingerprint density at radius 1 is 1.69 bits per heavy atom. The summed E-state index contributed by atoms with van der Waals surface area (Å²) in [4.78, 5) is 11.0. The van der Waals surface area contributed by atoms with E-state index in [0.29, 0.717) is 23.8 Å². The van der Waals surface area contributed by atoms with Crippen LogP contribution in [-0.2, 0) is 4.74 Å². The third-order valence-corrected chi connectivity index (χ3v) is 2.20. The van der Waals surface area contributed by atoms with E-state index >= 15 is 0 Å². The van der Waals surface area contributed by atoms with E-state index in [4.69, 9.17) is 10.5 Å². The smallest absolute Gasteiger partial charge is 0.338 e. The molecule has 0 radical (unpaired) electrons. The van der Waals surface area contributed by atoms with E-state index in [1.165, 1.54) is 18.4 Å². The Labute approximate surface area is 80.3 Å². The molecule has 0 fully saturated rings. The number of rotatable bonds is 4. The van der Waals surface area contributed by atoms with E-state index in [2.05, 4.69) is 4.74 Å². The highest BCUT2D eigenvalue weighted by molar-refractivity contribution is 7.12. The zero-order valence-corrected chi connectivity index (χ0v) is 8.10. The second kappa shape index (κ2) is 4.84. The molecule has 2 N–H and O–H groups in total. The van der Waals surface area contributed by atoms with Crippen LogP contribution in [0.3, 0.4) is 0 Å². The molecule has 1 heterocycles. The summed E-state index contributed by atoms with van der Waals surface area (Å²) >= 11 is 1.35. The van der Waals surface area contributed by atoms with Crippen LogP contribution >= 0.6 is 11.3 Å². The van der Waals surface area contributed by atoms with Crippen LogP contribution in [0.1, 0.15) is 10.4 Å². The quantitative estimate of drug-likeness (QED) is 0.734. The molecule has 1 rings (SSSR count). The minimum absolute atomic E-state index is 0.348. The number of thiophene rings is 1. The largest absolute Gasteiger partial charge is 0.483 e. The van der Waals surface area contributed by atoms with Crippen molar-refractivity contribution in [2.75, 3.05) is 20.3 Å². The molecule has 0 aliphatic carbocycles. The van der Waals surface area contributed by atoms with Gasteiger partial charge in [0.2, 0.25) is 0 Å². The summed E-state index contributed by atoms with van der Waals surface area (Å²) in [6, 6.07) is 1.64. The maximum atomic E-state index is 11.0. The van der Waals surface area contributed by atoms with Gasteiger partial charge in [-0.25, -0.2) is 4.79 Å². The summed E-state index contributed by atoms with van der Waals surface area (Å²) in [5, 5.41) is 2.38. The van der Waals surface area contributed by atoms with Crippen LogP contribution in [0.15, 0.2) is 11.4 Å². The molecule has 0 atom stereocenters. The molecule has 72 valence electrons. The highest BCUT2D eigenvalue weighted by Crippen LogP contribution is 2.23. The summed E-state index contributed by atoms with van der Waals surface area (Å²) in [6.07, 6.45) is 0. The Balaban J connectivity index is 2.58. The Kier molecular flexibility index (Phi) is 3.72. The van der Waals surface area contributed by atoms with E-state index in [-0.39, 0.29) is 5.97 Å². The number of hydrogen-bond donors (Lipinski definition) is 1. The van der Waals surface area contributed by atoms with Crippen molar-refractivity contribution in [1.29, 1.82) is 0 Å². The Hall–Kier alpha value is -1.07. The first-order valence-electron chi connectivity index (χ1n) is 3.77. The lowest BCUT2D eigenvalue weighted by molar-refractivity contribution is 0.0601. The Morgan fingerprint density at radius 3 is 3.08 bits per heavy atom. The van der Waals surface area contributed by atoms with E-state index in [1.54, 1.807) is 11.4 Å². The molecule has 0 spiro atoms. The van der Waals surface area contributed by atoms with Crippen LogP contribution in [0.4, 0.5) is 0 Å². The molecule has 4 nitrogen and oxygen atoms in total. The molecule has 0 bridgehead atoms. The predicted molar refractivity (Wildman–Crippen MR) is 50.2 cm³/mol. The second-order valence-corrected chi connectivity index (χ2v) is 3.16. The van der Waals surface area contributed by atoms with Crippen molar-refractivity contribution in [2.45, 2.75) is 0 Å². The first-order chi connectivity index (χ1) is 6.27. The SMILES string of the molecule is COC(=O)c1csc(OCCN)c1. The van der Waals surface area contributed by atoms with Gasteiger partial charge in [-0.05, 0) is 0 Å². The summed E-state index contributed by atoms with van der Waals surface area (Å²) < 4.78 is 9.76. The van der Waals surface area contributed by atoms with Crippen molar-refractivity contribution >= 4 is 17.3 Å². The van der Waals surface area contributed by atoms with Gasteiger partial charge in [-0.3, -0.25) is 0 Å². The fourth-order valence-corrected chi connectivity index (χ4v) is 1.53. The number of hydrogen-bond acceptors (Lipinski definition) is 5. The lowest BCUT2D eigenvalue weighted by Gasteiger charge is -1.98. The highest BCUT2D eigenvalue weighted by Gasteiger charge is 2.08. The topological polar surface area (TPSA) is 61.5 Å². The third-order valence-electron chi connectivity index (χ3n) is 1.36.